The molecule has 0 rings (SSSR count). The molecule has 6 heteroatoms. The van der Waals surface area contributed by atoms with E-state index >= 15 is 0 Å². The fourth-order valence-electron chi connectivity index (χ4n) is 0.654. The molecular weight excluding hydrogens is 166 g/mol. The topological polar surface area (TPSA) is 78.6 Å². The van der Waals surface area contributed by atoms with Crippen molar-refractivity contribution in [3.63, 3.8) is 0 Å². The standard InChI is InChI=1S/C5H13N3O2S/c1-7-3(4(9)10)8(2)5(6)11/h3,5,7,11H,6H2,1-2H3,(H,9,10). The number of carboxylic acids is 1. The van der Waals surface area contributed by atoms with Crippen LogP contribution in [0.2, 0.25) is 0 Å². The molecule has 0 fully saturated rings. The summed E-state index contributed by atoms with van der Waals surface area (Å²) in [4.78, 5) is 11.9. The van der Waals surface area contributed by atoms with Crippen molar-refractivity contribution in [2.45, 2.75) is 11.7 Å². The van der Waals surface area contributed by atoms with Gasteiger partial charge in [0.15, 0.2) is 6.17 Å². The van der Waals surface area contributed by atoms with Gasteiger partial charge in [-0.3, -0.25) is 10.2 Å². The zero-order chi connectivity index (χ0) is 9.02. The number of nitrogens with one attached hydrogen (secondary N) is 1. The monoisotopic (exact) mass is 179 g/mol. The zero-order valence-corrected chi connectivity index (χ0v) is 7.38. The van der Waals surface area contributed by atoms with Gasteiger partial charge in [0.25, 0.3) is 0 Å². The number of thiol groups is 1. The third kappa shape index (κ3) is 3.06. The third-order valence-corrected chi connectivity index (χ3v) is 1.70. The number of carbonyl (C=O) groups is 1. The van der Waals surface area contributed by atoms with E-state index in [1.165, 1.54) is 4.90 Å². The molecule has 0 spiro atoms. The van der Waals surface area contributed by atoms with Gasteiger partial charge in [-0.15, -0.1) is 12.6 Å². The maximum absolute atomic E-state index is 10.5. The summed E-state index contributed by atoms with van der Waals surface area (Å²) in [6, 6.07) is 0. The summed E-state index contributed by atoms with van der Waals surface area (Å²) in [5.41, 5.74) is 4.76. The summed E-state index contributed by atoms with van der Waals surface area (Å²) < 4.78 is 0. The Kier molecular flexibility index (Phi) is 4.43. The van der Waals surface area contributed by atoms with Gasteiger partial charge in [-0.1, -0.05) is 0 Å². The minimum absolute atomic E-state index is 0.580. The highest BCUT2D eigenvalue weighted by Gasteiger charge is 2.22. The van der Waals surface area contributed by atoms with Crippen LogP contribution >= 0.6 is 12.6 Å². The molecule has 0 saturated heterocycles. The predicted molar refractivity (Wildman–Crippen MR) is 45.2 cm³/mol. The molecule has 5 nitrogen and oxygen atoms in total. The van der Waals surface area contributed by atoms with Crippen molar-refractivity contribution in [3.8, 4) is 0 Å². The van der Waals surface area contributed by atoms with Crippen molar-refractivity contribution in [3.05, 3.63) is 0 Å². The highest BCUT2D eigenvalue weighted by Crippen LogP contribution is 1.98. The molecule has 0 radical (unpaired) electrons. The summed E-state index contributed by atoms with van der Waals surface area (Å²) in [5, 5.41) is 11.2. The number of nitrogens with two attached hydrogens (primary N) is 1. The number of hydrogen-bond donors (Lipinski definition) is 4. The number of aliphatic carboxylic acids is 1. The number of rotatable bonds is 4. The van der Waals surface area contributed by atoms with E-state index < -0.39 is 17.6 Å². The highest BCUT2D eigenvalue weighted by atomic mass is 32.1. The van der Waals surface area contributed by atoms with Crippen molar-refractivity contribution in [2.75, 3.05) is 14.1 Å². The summed E-state index contributed by atoms with van der Waals surface area (Å²) in [5.74, 6) is -0.973. The molecule has 66 valence electrons. The molecular formula is C5H13N3O2S. The van der Waals surface area contributed by atoms with Gasteiger partial charge in [-0.25, -0.2) is 4.79 Å². The van der Waals surface area contributed by atoms with Crippen LogP contribution in [0.4, 0.5) is 0 Å². The van der Waals surface area contributed by atoms with Crippen LogP contribution in [0.1, 0.15) is 0 Å². The normalized spacial score (nSPS) is 16.5. The largest absolute Gasteiger partial charge is 0.479 e. The summed E-state index contributed by atoms with van der Waals surface area (Å²) in [6.07, 6.45) is -0.789. The van der Waals surface area contributed by atoms with E-state index in [0.29, 0.717) is 0 Å². The summed E-state index contributed by atoms with van der Waals surface area (Å²) >= 11 is 3.88. The fraction of sp³-hybridized carbons (Fsp3) is 0.800. The lowest BCUT2D eigenvalue weighted by Crippen LogP contribution is -2.52. The Bertz CT molecular complexity index is 142. The first-order valence-corrected chi connectivity index (χ1v) is 3.58. The van der Waals surface area contributed by atoms with Gasteiger partial charge in [0, 0.05) is 0 Å². The van der Waals surface area contributed by atoms with Crippen LogP contribution in [-0.2, 0) is 4.79 Å². The Morgan fingerprint density at radius 2 is 2.27 bits per heavy atom. The second kappa shape index (κ2) is 4.55. The van der Waals surface area contributed by atoms with Crippen LogP contribution in [0.3, 0.4) is 0 Å². The quantitative estimate of drug-likeness (QED) is 0.319. The Hall–Kier alpha value is -0.300. The van der Waals surface area contributed by atoms with E-state index in [1.807, 2.05) is 0 Å². The molecule has 0 aromatic rings. The lowest BCUT2D eigenvalue weighted by molar-refractivity contribution is -0.144. The van der Waals surface area contributed by atoms with Crippen molar-refractivity contribution >= 4 is 18.6 Å². The third-order valence-electron chi connectivity index (χ3n) is 1.33. The second-order valence-corrected chi connectivity index (χ2v) is 2.64. The molecule has 2 atom stereocenters. The maximum Gasteiger partial charge on any atom is 0.335 e. The van der Waals surface area contributed by atoms with E-state index in [9.17, 15) is 4.79 Å². The molecule has 0 aliphatic carbocycles. The van der Waals surface area contributed by atoms with Gasteiger partial charge in [-0.05, 0) is 14.1 Å². The first-order chi connectivity index (χ1) is 5.00. The van der Waals surface area contributed by atoms with Gasteiger partial charge >= 0.3 is 5.97 Å². The second-order valence-electron chi connectivity index (χ2n) is 2.11. The number of nitrogens with zero attached hydrogens (tertiary/aromatic N) is 1. The first kappa shape index (κ1) is 10.7. The number of hydrogen-bond acceptors (Lipinski definition) is 5. The Morgan fingerprint density at radius 3 is 2.36 bits per heavy atom. The summed E-state index contributed by atoms with van der Waals surface area (Å²) in [7, 11) is 3.12. The smallest absolute Gasteiger partial charge is 0.335 e. The lowest BCUT2D eigenvalue weighted by atomic mass is 10.4. The van der Waals surface area contributed by atoms with Crippen molar-refractivity contribution in [2.24, 2.45) is 5.73 Å². The van der Waals surface area contributed by atoms with Crippen LogP contribution in [0.15, 0.2) is 0 Å². The van der Waals surface area contributed by atoms with E-state index in [-0.39, 0.29) is 0 Å². The van der Waals surface area contributed by atoms with Gasteiger partial charge in [0.1, 0.15) is 5.50 Å². The van der Waals surface area contributed by atoms with Crippen LogP contribution in [0, 0.1) is 0 Å². The van der Waals surface area contributed by atoms with E-state index in [2.05, 4.69) is 17.9 Å². The van der Waals surface area contributed by atoms with Crippen LogP contribution in [-0.4, -0.2) is 41.7 Å². The highest BCUT2D eigenvalue weighted by molar-refractivity contribution is 7.80. The molecule has 0 aromatic heterocycles. The molecule has 4 N–H and O–H groups in total. The van der Waals surface area contributed by atoms with E-state index in [1.54, 1.807) is 14.1 Å². The average Bonchev–Trinajstić information content (AvgIpc) is 1.88. The Morgan fingerprint density at radius 1 is 1.82 bits per heavy atom. The molecule has 0 amide bonds. The molecule has 11 heavy (non-hydrogen) atoms. The molecule has 0 aliphatic heterocycles. The van der Waals surface area contributed by atoms with Crippen molar-refractivity contribution in [1.82, 2.24) is 10.2 Å². The molecule has 0 bridgehead atoms. The van der Waals surface area contributed by atoms with Gasteiger partial charge in [0.2, 0.25) is 0 Å². The van der Waals surface area contributed by atoms with Crippen LogP contribution in [0.25, 0.3) is 0 Å². The van der Waals surface area contributed by atoms with Crippen LogP contribution in [0.5, 0.6) is 0 Å². The Balaban J connectivity index is 4.14. The summed E-state index contributed by atoms with van der Waals surface area (Å²) in [6.45, 7) is 0. The van der Waals surface area contributed by atoms with Gasteiger partial charge in [-0.2, -0.15) is 0 Å². The number of carboxylic acid groups (broad SMARTS) is 1. The lowest BCUT2D eigenvalue weighted by Gasteiger charge is -2.26. The molecule has 2 unspecified atom stereocenters. The molecule has 0 aromatic carbocycles. The predicted octanol–water partition coefficient (Wildman–Crippen LogP) is -1.28. The van der Waals surface area contributed by atoms with Crippen molar-refractivity contribution < 1.29 is 9.90 Å². The van der Waals surface area contributed by atoms with Gasteiger partial charge in [0.05, 0.1) is 0 Å². The SMILES string of the molecule is CNC(C(=O)O)N(C)C(N)S. The average molecular weight is 179 g/mol. The van der Waals surface area contributed by atoms with Gasteiger partial charge < -0.3 is 10.8 Å². The number of likely N-dealkylation sites (N-methyl/N-ethyl adjacent to an activating group) is 2. The zero-order valence-electron chi connectivity index (χ0n) is 6.48. The maximum atomic E-state index is 10.5. The molecule has 0 aliphatic rings. The molecule has 0 saturated carbocycles. The minimum atomic E-state index is -0.973. The fourth-order valence-corrected chi connectivity index (χ4v) is 0.787. The van der Waals surface area contributed by atoms with E-state index in [4.69, 9.17) is 10.8 Å². The molecule has 0 heterocycles. The minimum Gasteiger partial charge on any atom is -0.479 e. The van der Waals surface area contributed by atoms with Crippen LogP contribution < -0.4 is 11.1 Å². The first-order valence-electron chi connectivity index (χ1n) is 3.06. The van der Waals surface area contributed by atoms with E-state index in [0.717, 1.165) is 0 Å². The Labute approximate surface area is 71.0 Å². The van der Waals surface area contributed by atoms with Crippen molar-refractivity contribution in [1.29, 1.82) is 0 Å².